The zero-order valence-corrected chi connectivity index (χ0v) is 6.53. The summed E-state index contributed by atoms with van der Waals surface area (Å²) in [5.41, 5.74) is 0. The van der Waals surface area contributed by atoms with Crippen LogP contribution in [0.5, 0.6) is 5.95 Å². The number of ether oxygens (including phenoxy) is 1. The van der Waals surface area contributed by atoms with E-state index >= 15 is 0 Å². The van der Waals surface area contributed by atoms with Crippen LogP contribution in [0.2, 0.25) is 0 Å². The van der Waals surface area contributed by atoms with Gasteiger partial charge < -0.3 is 14.3 Å². The molecule has 1 rings (SSSR count). The third kappa shape index (κ3) is 2.39. The minimum atomic E-state index is 0.0846. The zero-order valence-electron chi connectivity index (χ0n) is 6.53. The predicted octanol–water partition coefficient (Wildman–Crippen LogP) is 0.853. The highest BCUT2D eigenvalue weighted by Gasteiger charge is 2.00. The molecule has 0 aliphatic heterocycles. The Hall–Kier alpha value is -1.29. The normalized spacial score (nSPS) is 9.75. The first-order valence-electron chi connectivity index (χ1n) is 3.65. The molecule has 0 amide bonds. The summed E-state index contributed by atoms with van der Waals surface area (Å²) in [6.45, 7) is 0.476. The van der Waals surface area contributed by atoms with Gasteiger partial charge in [-0.05, 0) is 6.07 Å². The molecular formula is C8H10O4. The molecular weight excluding hydrogens is 160 g/mol. The van der Waals surface area contributed by atoms with Gasteiger partial charge in [-0.15, -0.1) is 0 Å². The standard InChI is InChI=1S/C8H10O4/c9-4-1-5-11-8-3-2-7(6-10)12-8/h2-3,6,9H,1,4-5H2. The summed E-state index contributed by atoms with van der Waals surface area (Å²) >= 11 is 0. The summed E-state index contributed by atoms with van der Waals surface area (Å²) < 4.78 is 9.95. The van der Waals surface area contributed by atoms with E-state index in [1.54, 1.807) is 6.07 Å². The van der Waals surface area contributed by atoms with Gasteiger partial charge in [-0.25, -0.2) is 0 Å². The Morgan fingerprint density at radius 3 is 3.00 bits per heavy atom. The highest BCUT2D eigenvalue weighted by Crippen LogP contribution is 2.14. The highest BCUT2D eigenvalue weighted by molar-refractivity contribution is 5.70. The van der Waals surface area contributed by atoms with Gasteiger partial charge in [0.15, 0.2) is 12.0 Å². The smallest absolute Gasteiger partial charge is 0.284 e. The Labute approximate surface area is 69.8 Å². The third-order valence-electron chi connectivity index (χ3n) is 1.27. The second kappa shape index (κ2) is 4.56. The molecule has 0 saturated carbocycles. The van der Waals surface area contributed by atoms with Crippen LogP contribution in [0.25, 0.3) is 0 Å². The summed E-state index contributed by atoms with van der Waals surface area (Å²) in [6.07, 6.45) is 1.16. The molecule has 0 aliphatic rings. The molecule has 4 heteroatoms. The zero-order chi connectivity index (χ0) is 8.81. The minimum Gasteiger partial charge on any atom is -0.465 e. The molecule has 0 aromatic carbocycles. The lowest BCUT2D eigenvalue weighted by Gasteiger charge is -1.98. The average Bonchev–Trinajstić information content (AvgIpc) is 2.53. The maximum atomic E-state index is 10.2. The first kappa shape index (κ1) is 8.80. The minimum absolute atomic E-state index is 0.0846. The molecule has 0 unspecified atom stereocenters. The fourth-order valence-electron chi connectivity index (χ4n) is 0.713. The Morgan fingerprint density at radius 2 is 2.42 bits per heavy atom. The van der Waals surface area contributed by atoms with Crippen LogP contribution in [0.3, 0.4) is 0 Å². The SMILES string of the molecule is O=Cc1ccc(OCCCO)o1. The van der Waals surface area contributed by atoms with Crippen molar-refractivity contribution in [2.24, 2.45) is 0 Å². The molecule has 0 radical (unpaired) electrons. The third-order valence-corrected chi connectivity index (χ3v) is 1.27. The monoisotopic (exact) mass is 170 g/mol. The van der Waals surface area contributed by atoms with E-state index in [4.69, 9.17) is 14.3 Å². The Bertz CT molecular complexity index is 241. The molecule has 12 heavy (non-hydrogen) atoms. The van der Waals surface area contributed by atoms with Gasteiger partial charge in [0.2, 0.25) is 0 Å². The van der Waals surface area contributed by atoms with Gasteiger partial charge in [0, 0.05) is 19.1 Å². The van der Waals surface area contributed by atoms with Crippen LogP contribution in [0, 0.1) is 0 Å². The van der Waals surface area contributed by atoms with Crippen LogP contribution >= 0.6 is 0 Å². The molecule has 0 bridgehead atoms. The van der Waals surface area contributed by atoms with Crippen LogP contribution in [0.4, 0.5) is 0 Å². The Morgan fingerprint density at radius 1 is 1.58 bits per heavy atom. The molecule has 66 valence electrons. The first-order valence-corrected chi connectivity index (χ1v) is 3.65. The second-order valence-electron chi connectivity index (χ2n) is 2.20. The topological polar surface area (TPSA) is 59.7 Å². The second-order valence-corrected chi connectivity index (χ2v) is 2.20. The average molecular weight is 170 g/mol. The molecule has 0 atom stereocenters. The van der Waals surface area contributed by atoms with E-state index in [9.17, 15) is 4.79 Å². The van der Waals surface area contributed by atoms with Crippen molar-refractivity contribution in [1.29, 1.82) is 0 Å². The van der Waals surface area contributed by atoms with Crippen molar-refractivity contribution in [3.63, 3.8) is 0 Å². The Kier molecular flexibility index (Phi) is 3.35. The number of furan rings is 1. The molecule has 1 N–H and O–H groups in total. The van der Waals surface area contributed by atoms with Crippen molar-refractivity contribution in [2.45, 2.75) is 6.42 Å². The summed E-state index contributed by atoms with van der Waals surface area (Å²) in [5, 5.41) is 8.43. The van der Waals surface area contributed by atoms with Crippen molar-refractivity contribution in [3.8, 4) is 5.95 Å². The molecule has 0 saturated heterocycles. The van der Waals surface area contributed by atoms with Gasteiger partial charge in [0.25, 0.3) is 5.95 Å². The quantitative estimate of drug-likeness (QED) is 0.525. The fraction of sp³-hybridized carbons (Fsp3) is 0.375. The number of carbonyl (C=O) groups excluding carboxylic acids is 1. The van der Waals surface area contributed by atoms with Crippen molar-refractivity contribution < 1.29 is 19.1 Å². The van der Waals surface area contributed by atoms with Crippen LogP contribution < -0.4 is 4.74 Å². The molecule has 0 aliphatic carbocycles. The van der Waals surface area contributed by atoms with Gasteiger partial charge >= 0.3 is 0 Å². The van der Waals surface area contributed by atoms with E-state index in [-0.39, 0.29) is 12.4 Å². The molecule has 0 spiro atoms. The largest absolute Gasteiger partial charge is 0.465 e. The maximum Gasteiger partial charge on any atom is 0.284 e. The van der Waals surface area contributed by atoms with Gasteiger partial charge in [-0.1, -0.05) is 0 Å². The number of aliphatic hydroxyl groups is 1. The lowest BCUT2D eigenvalue weighted by Crippen LogP contribution is -1.98. The van der Waals surface area contributed by atoms with Crippen molar-refractivity contribution in [1.82, 2.24) is 0 Å². The number of hydrogen-bond donors (Lipinski definition) is 1. The Balaban J connectivity index is 2.36. The number of rotatable bonds is 5. The number of hydrogen-bond acceptors (Lipinski definition) is 4. The lowest BCUT2D eigenvalue weighted by molar-refractivity contribution is 0.109. The van der Waals surface area contributed by atoms with Crippen molar-refractivity contribution in [3.05, 3.63) is 17.9 Å². The van der Waals surface area contributed by atoms with Crippen molar-refractivity contribution in [2.75, 3.05) is 13.2 Å². The van der Waals surface area contributed by atoms with E-state index in [1.165, 1.54) is 6.07 Å². The maximum absolute atomic E-state index is 10.2. The number of aldehydes is 1. The highest BCUT2D eigenvalue weighted by atomic mass is 16.6. The van der Waals surface area contributed by atoms with Gasteiger partial charge in [0.05, 0.1) is 6.61 Å². The van der Waals surface area contributed by atoms with Crippen LogP contribution in [0.15, 0.2) is 16.5 Å². The predicted molar refractivity (Wildman–Crippen MR) is 41.3 cm³/mol. The van der Waals surface area contributed by atoms with Gasteiger partial charge in [-0.3, -0.25) is 4.79 Å². The molecule has 4 nitrogen and oxygen atoms in total. The van der Waals surface area contributed by atoms with E-state index in [1.807, 2.05) is 0 Å². The fourth-order valence-corrected chi connectivity index (χ4v) is 0.713. The van der Waals surface area contributed by atoms with Crippen molar-refractivity contribution >= 4 is 6.29 Å². The summed E-state index contributed by atoms with van der Waals surface area (Å²) in [6, 6.07) is 3.10. The van der Waals surface area contributed by atoms with Gasteiger partial charge in [0.1, 0.15) is 0 Å². The van der Waals surface area contributed by atoms with E-state index in [0.29, 0.717) is 25.3 Å². The molecule has 1 aromatic heterocycles. The number of carbonyl (C=O) groups is 1. The van der Waals surface area contributed by atoms with Gasteiger partial charge in [-0.2, -0.15) is 0 Å². The molecule has 1 aromatic rings. The summed E-state index contributed by atoms with van der Waals surface area (Å²) in [5.74, 6) is 0.555. The first-order chi connectivity index (χ1) is 5.86. The molecule has 0 fully saturated rings. The summed E-state index contributed by atoms with van der Waals surface area (Å²) in [7, 11) is 0. The van der Waals surface area contributed by atoms with E-state index in [2.05, 4.69) is 0 Å². The van der Waals surface area contributed by atoms with Crippen LogP contribution in [-0.4, -0.2) is 24.6 Å². The molecule has 1 heterocycles. The van der Waals surface area contributed by atoms with Crippen LogP contribution in [0.1, 0.15) is 17.0 Å². The van der Waals surface area contributed by atoms with Crippen LogP contribution in [-0.2, 0) is 0 Å². The van der Waals surface area contributed by atoms with E-state index < -0.39 is 0 Å². The number of aliphatic hydroxyl groups excluding tert-OH is 1. The van der Waals surface area contributed by atoms with E-state index in [0.717, 1.165) is 0 Å². The summed E-state index contributed by atoms with van der Waals surface area (Å²) in [4.78, 5) is 10.2. The lowest BCUT2D eigenvalue weighted by atomic mass is 10.5.